The summed E-state index contributed by atoms with van der Waals surface area (Å²) in [6.45, 7) is 2.84. The Morgan fingerprint density at radius 3 is 2.95 bits per heavy atom. The van der Waals surface area contributed by atoms with E-state index in [0.29, 0.717) is 19.0 Å². The predicted octanol–water partition coefficient (Wildman–Crippen LogP) is 2.22. The highest BCUT2D eigenvalue weighted by atomic mass is 16.5. The van der Waals surface area contributed by atoms with Crippen molar-refractivity contribution in [3.63, 3.8) is 0 Å². The lowest BCUT2D eigenvalue weighted by Crippen LogP contribution is -2.41. The van der Waals surface area contributed by atoms with Crippen LogP contribution < -0.4 is 10.1 Å². The van der Waals surface area contributed by atoms with Crippen LogP contribution in [0.2, 0.25) is 0 Å². The Labute approximate surface area is 119 Å². The number of anilines is 1. The second kappa shape index (κ2) is 7.14. The van der Waals surface area contributed by atoms with E-state index in [2.05, 4.69) is 5.32 Å². The molecule has 1 saturated heterocycles. The first kappa shape index (κ1) is 14.7. The van der Waals surface area contributed by atoms with Crippen molar-refractivity contribution in [1.29, 1.82) is 0 Å². The summed E-state index contributed by atoms with van der Waals surface area (Å²) in [6, 6.07) is 6.99. The quantitative estimate of drug-likeness (QED) is 0.809. The predicted molar refractivity (Wildman–Crippen MR) is 76.0 cm³/mol. The third-order valence-corrected chi connectivity index (χ3v) is 3.30. The molecule has 0 aromatic heterocycles. The van der Waals surface area contributed by atoms with Gasteiger partial charge in [0, 0.05) is 6.61 Å². The summed E-state index contributed by atoms with van der Waals surface area (Å²) in [5.41, 5.74) is 0.767. The molecule has 5 nitrogen and oxygen atoms in total. The van der Waals surface area contributed by atoms with Crippen molar-refractivity contribution in [2.24, 2.45) is 0 Å². The van der Waals surface area contributed by atoms with Crippen LogP contribution in [0.1, 0.15) is 19.8 Å². The van der Waals surface area contributed by atoms with E-state index in [4.69, 9.17) is 14.2 Å². The van der Waals surface area contributed by atoms with Crippen LogP contribution in [0.15, 0.2) is 24.3 Å². The molecule has 1 aliphatic rings. The number of benzene rings is 1. The molecule has 0 amide bonds. The molecule has 2 atom stereocenters. The Bertz CT molecular complexity index is 443. The maximum atomic E-state index is 12.1. The van der Waals surface area contributed by atoms with Crippen LogP contribution in [0, 0.1) is 0 Å². The molecule has 20 heavy (non-hydrogen) atoms. The van der Waals surface area contributed by atoms with Crippen LogP contribution >= 0.6 is 0 Å². The van der Waals surface area contributed by atoms with Crippen molar-refractivity contribution in [2.75, 3.05) is 25.6 Å². The summed E-state index contributed by atoms with van der Waals surface area (Å²) in [7, 11) is 1.60. The highest BCUT2D eigenvalue weighted by molar-refractivity contribution is 5.81. The van der Waals surface area contributed by atoms with Crippen molar-refractivity contribution < 1.29 is 19.0 Å². The molecule has 1 N–H and O–H groups in total. The number of esters is 1. The zero-order valence-electron chi connectivity index (χ0n) is 11.9. The Morgan fingerprint density at radius 1 is 1.50 bits per heavy atom. The van der Waals surface area contributed by atoms with Crippen LogP contribution in [0.3, 0.4) is 0 Å². The van der Waals surface area contributed by atoms with E-state index < -0.39 is 6.04 Å². The zero-order chi connectivity index (χ0) is 14.4. The Hall–Kier alpha value is -1.75. The zero-order valence-corrected chi connectivity index (χ0v) is 11.9. The lowest BCUT2D eigenvalue weighted by atomic mass is 10.1. The van der Waals surface area contributed by atoms with Crippen LogP contribution in [-0.2, 0) is 14.3 Å². The largest absolute Gasteiger partial charge is 0.495 e. The van der Waals surface area contributed by atoms with Gasteiger partial charge < -0.3 is 19.5 Å². The van der Waals surface area contributed by atoms with Crippen LogP contribution in [0.4, 0.5) is 5.69 Å². The Balaban J connectivity index is 2.16. The maximum Gasteiger partial charge on any atom is 0.331 e. The molecule has 0 saturated carbocycles. The Kier molecular flexibility index (Phi) is 5.24. The van der Waals surface area contributed by atoms with E-state index in [0.717, 1.165) is 18.5 Å². The molecule has 0 spiro atoms. The molecule has 1 aromatic carbocycles. The highest BCUT2D eigenvalue weighted by Crippen LogP contribution is 2.27. The van der Waals surface area contributed by atoms with Gasteiger partial charge in [0.2, 0.25) is 0 Å². The molecule has 5 heteroatoms. The highest BCUT2D eigenvalue weighted by Gasteiger charge is 2.33. The molecule has 0 bridgehead atoms. The summed E-state index contributed by atoms with van der Waals surface area (Å²) in [5, 5.41) is 3.20. The fraction of sp³-hybridized carbons (Fsp3) is 0.533. The van der Waals surface area contributed by atoms with Gasteiger partial charge in [-0.1, -0.05) is 12.1 Å². The first-order chi connectivity index (χ1) is 9.76. The van der Waals surface area contributed by atoms with Gasteiger partial charge in [-0.25, -0.2) is 4.79 Å². The molecule has 1 heterocycles. The number of hydrogen-bond acceptors (Lipinski definition) is 5. The first-order valence-corrected chi connectivity index (χ1v) is 6.94. The average molecular weight is 279 g/mol. The van der Waals surface area contributed by atoms with Gasteiger partial charge in [-0.2, -0.15) is 0 Å². The number of carbonyl (C=O) groups excluding carboxylic acids is 1. The number of para-hydroxylation sites is 2. The third kappa shape index (κ3) is 3.42. The molecule has 0 radical (unpaired) electrons. The van der Waals surface area contributed by atoms with Gasteiger partial charge in [0.15, 0.2) is 6.04 Å². The van der Waals surface area contributed by atoms with Gasteiger partial charge in [-0.3, -0.25) is 0 Å². The van der Waals surface area contributed by atoms with E-state index in [9.17, 15) is 4.79 Å². The van der Waals surface area contributed by atoms with Crippen molar-refractivity contribution >= 4 is 11.7 Å². The fourth-order valence-corrected chi connectivity index (χ4v) is 2.33. The number of rotatable bonds is 6. The van der Waals surface area contributed by atoms with Crippen molar-refractivity contribution in [3.8, 4) is 5.75 Å². The molecular formula is C15H21NO4. The summed E-state index contributed by atoms with van der Waals surface area (Å²) in [5.74, 6) is 0.408. The smallest absolute Gasteiger partial charge is 0.331 e. The lowest BCUT2D eigenvalue weighted by Gasteiger charge is -2.24. The Morgan fingerprint density at radius 2 is 2.30 bits per heavy atom. The van der Waals surface area contributed by atoms with Crippen molar-refractivity contribution in [1.82, 2.24) is 0 Å². The molecule has 110 valence electrons. The normalized spacial score (nSPS) is 19.4. The third-order valence-electron chi connectivity index (χ3n) is 3.30. The molecule has 0 aliphatic carbocycles. The number of ether oxygens (including phenoxy) is 3. The summed E-state index contributed by atoms with van der Waals surface area (Å²) < 4.78 is 16.1. The second-order valence-corrected chi connectivity index (χ2v) is 4.63. The van der Waals surface area contributed by atoms with Gasteiger partial charge in [-0.15, -0.1) is 0 Å². The SMILES string of the molecule is CCOC(=O)C(Nc1ccccc1OC)C1CCCO1. The first-order valence-electron chi connectivity index (χ1n) is 6.94. The van der Waals surface area contributed by atoms with E-state index in [1.54, 1.807) is 14.0 Å². The number of methoxy groups -OCH3 is 1. The average Bonchev–Trinajstić information content (AvgIpc) is 2.99. The molecule has 2 rings (SSSR count). The van der Waals surface area contributed by atoms with E-state index in [1.165, 1.54) is 0 Å². The maximum absolute atomic E-state index is 12.1. The summed E-state index contributed by atoms with van der Waals surface area (Å²) in [6.07, 6.45) is 1.67. The van der Waals surface area contributed by atoms with Crippen molar-refractivity contribution in [2.45, 2.75) is 31.9 Å². The van der Waals surface area contributed by atoms with Crippen LogP contribution in [0.25, 0.3) is 0 Å². The second-order valence-electron chi connectivity index (χ2n) is 4.63. The monoisotopic (exact) mass is 279 g/mol. The van der Waals surface area contributed by atoms with Gasteiger partial charge >= 0.3 is 5.97 Å². The molecular weight excluding hydrogens is 258 g/mol. The molecule has 1 fully saturated rings. The standard InChI is InChI=1S/C15H21NO4/c1-3-19-15(17)14(13-9-6-10-20-13)16-11-7-4-5-8-12(11)18-2/h4-5,7-8,13-14,16H,3,6,9-10H2,1-2H3. The number of nitrogens with one attached hydrogen (secondary N) is 1. The van der Waals surface area contributed by atoms with Gasteiger partial charge in [-0.05, 0) is 31.9 Å². The van der Waals surface area contributed by atoms with Crippen molar-refractivity contribution in [3.05, 3.63) is 24.3 Å². The van der Waals surface area contributed by atoms with Crippen LogP contribution in [0.5, 0.6) is 5.75 Å². The minimum atomic E-state index is -0.506. The lowest BCUT2D eigenvalue weighted by molar-refractivity contribution is -0.146. The summed E-state index contributed by atoms with van der Waals surface area (Å²) >= 11 is 0. The minimum absolute atomic E-state index is 0.154. The van der Waals surface area contributed by atoms with E-state index >= 15 is 0 Å². The van der Waals surface area contributed by atoms with Gasteiger partial charge in [0.1, 0.15) is 5.75 Å². The summed E-state index contributed by atoms with van der Waals surface area (Å²) in [4.78, 5) is 12.1. The van der Waals surface area contributed by atoms with Gasteiger partial charge in [0.25, 0.3) is 0 Å². The molecule has 2 unspecified atom stereocenters. The number of hydrogen-bond donors (Lipinski definition) is 1. The number of carbonyl (C=O) groups is 1. The molecule has 1 aliphatic heterocycles. The van der Waals surface area contributed by atoms with Gasteiger partial charge in [0.05, 0.1) is 25.5 Å². The van der Waals surface area contributed by atoms with Crippen LogP contribution in [-0.4, -0.2) is 38.4 Å². The van der Waals surface area contributed by atoms with E-state index in [-0.39, 0.29) is 12.1 Å². The minimum Gasteiger partial charge on any atom is -0.495 e. The fourth-order valence-electron chi connectivity index (χ4n) is 2.33. The topological polar surface area (TPSA) is 56.8 Å². The van der Waals surface area contributed by atoms with E-state index in [1.807, 2.05) is 24.3 Å². The molecule has 1 aromatic rings.